The van der Waals surface area contributed by atoms with Crippen LogP contribution in [0.5, 0.6) is 5.75 Å². The number of alkyl halides is 2. The van der Waals surface area contributed by atoms with Crippen molar-refractivity contribution in [3.8, 4) is 5.75 Å². The van der Waals surface area contributed by atoms with Crippen molar-refractivity contribution in [1.82, 2.24) is 4.90 Å². The zero-order valence-electron chi connectivity index (χ0n) is 12.8. The number of para-hydroxylation sites is 1. The van der Waals surface area contributed by atoms with Crippen molar-refractivity contribution in [2.24, 2.45) is 0 Å². The van der Waals surface area contributed by atoms with E-state index in [1.807, 2.05) is 0 Å². The third-order valence-corrected chi connectivity index (χ3v) is 4.15. The number of hydrogen-bond donors (Lipinski definition) is 0. The molecule has 1 fully saturated rings. The van der Waals surface area contributed by atoms with Crippen molar-refractivity contribution in [3.63, 3.8) is 0 Å². The lowest BCUT2D eigenvalue weighted by Gasteiger charge is -2.18. The fraction of sp³-hybridized carbons (Fsp3) is 0.278. The highest BCUT2D eigenvalue weighted by Gasteiger charge is 2.29. The second kappa shape index (κ2) is 6.95. The Labute approximate surface area is 137 Å². The van der Waals surface area contributed by atoms with Crippen LogP contribution in [0, 0.1) is 5.82 Å². The molecule has 1 aliphatic rings. The van der Waals surface area contributed by atoms with Gasteiger partial charge in [0.25, 0.3) is 5.91 Å². The van der Waals surface area contributed by atoms with E-state index in [0.29, 0.717) is 13.1 Å². The lowest BCUT2D eigenvalue weighted by Crippen LogP contribution is -2.29. The van der Waals surface area contributed by atoms with E-state index in [4.69, 9.17) is 0 Å². The zero-order chi connectivity index (χ0) is 17.1. The fourth-order valence-electron chi connectivity index (χ4n) is 2.96. The van der Waals surface area contributed by atoms with Gasteiger partial charge in [0.05, 0.1) is 5.56 Å². The van der Waals surface area contributed by atoms with E-state index in [-0.39, 0.29) is 29.0 Å². The number of hydrogen-bond acceptors (Lipinski definition) is 2. The summed E-state index contributed by atoms with van der Waals surface area (Å²) >= 11 is 0. The summed E-state index contributed by atoms with van der Waals surface area (Å²) in [5, 5.41) is 0. The Morgan fingerprint density at radius 1 is 1.12 bits per heavy atom. The maximum Gasteiger partial charge on any atom is 0.387 e. The normalized spacial score (nSPS) is 17.3. The molecule has 1 heterocycles. The molecule has 1 amide bonds. The van der Waals surface area contributed by atoms with Crippen molar-refractivity contribution < 1.29 is 22.7 Å². The number of amides is 1. The molecule has 24 heavy (non-hydrogen) atoms. The molecule has 2 aromatic rings. The second-order valence-corrected chi connectivity index (χ2v) is 5.66. The van der Waals surface area contributed by atoms with Gasteiger partial charge in [0.1, 0.15) is 11.6 Å². The summed E-state index contributed by atoms with van der Waals surface area (Å²) in [5.74, 6) is -0.654. The largest absolute Gasteiger partial charge is 0.434 e. The molecule has 2 aromatic carbocycles. The highest BCUT2D eigenvalue weighted by molar-refractivity contribution is 5.97. The number of rotatable bonds is 4. The number of carbonyl (C=O) groups is 1. The smallest absolute Gasteiger partial charge is 0.387 e. The van der Waals surface area contributed by atoms with E-state index >= 15 is 0 Å². The number of ether oxygens (including phenoxy) is 1. The second-order valence-electron chi connectivity index (χ2n) is 5.66. The molecule has 0 N–H and O–H groups in total. The average molecular weight is 335 g/mol. The van der Waals surface area contributed by atoms with Gasteiger partial charge in [-0.2, -0.15) is 8.78 Å². The molecule has 1 unspecified atom stereocenters. The van der Waals surface area contributed by atoms with Crippen LogP contribution in [-0.2, 0) is 0 Å². The molecule has 1 saturated heterocycles. The standard InChI is InChI=1S/C18H16F3NO2/c19-14-7-5-12(6-8-14)13-9-10-22(11-13)17(23)15-3-1-2-4-16(15)24-18(20)21/h1-8,13,18H,9-11H2. The van der Waals surface area contributed by atoms with Crippen LogP contribution in [0.4, 0.5) is 13.2 Å². The first-order chi connectivity index (χ1) is 11.5. The Kier molecular flexibility index (Phi) is 4.74. The van der Waals surface area contributed by atoms with Crippen molar-refractivity contribution in [2.45, 2.75) is 19.0 Å². The Morgan fingerprint density at radius 3 is 2.54 bits per heavy atom. The van der Waals surface area contributed by atoms with Gasteiger partial charge in [-0.25, -0.2) is 4.39 Å². The number of halogens is 3. The Hall–Kier alpha value is -2.50. The molecule has 0 radical (unpaired) electrons. The molecule has 0 bridgehead atoms. The van der Waals surface area contributed by atoms with Gasteiger partial charge in [0, 0.05) is 19.0 Å². The minimum absolute atomic E-state index is 0.109. The molecule has 0 saturated carbocycles. The molecule has 0 aromatic heterocycles. The number of nitrogens with zero attached hydrogens (tertiary/aromatic N) is 1. The van der Waals surface area contributed by atoms with Gasteiger partial charge in [0.15, 0.2) is 0 Å². The third-order valence-electron chi connectivity index (χ3n) is 4.15. The lowest BCUT2D eigenvalue weighted by atomic mass is 9.98. The van der Waals surface area contributed by atoms with Crippen LogP contribution < -0.4 is 4.74 Å². The predicted molar refractivity (Wildman–Crippen MR) is 82.7 cm³/mol. The molecule has 1 atom stereocenters. The molecule has 6 heteroatoms. The van der Waals surface area contributed by atoms with Gasteiger partial charge in [-0.1, -0.05) is 24.3 Å². The van der Waals surface area contributed by atoms with Crippen molar-refractivity contribution >= 4 is 5.91 Å². The van der Waals surface area contributed by atoms with Gasteiger partial charge in [-0.15, -0.1) is 0 Å². The van der Waals surface area contributed by atoms with Crippen LogP contribution in [0.2, 0.25) is 0 Å². The molecular weight excluding hydrogens is 319 g/mol. The van der Waals surface area contributed by atoms with Crippen LogP contribution in [0.1, 0.15) is 28.3 Å². The molecule has 0 spiro atoms. The fourth-order valence-corrected chi connectivity index (χ4v) is 2.96. The average Bonchev–Trinajstić information content (AvgIpc) is 3.05. The first kappa shape index (κ1) is 16.4. The quantitative estimate of drug-likeness (QED) is 0.843. The van der Waals surface area contributed by atoms with Gasteiger partial charge in [-0.05, 0) is 36.2 Å². The van der Waals surface area contributed by atoms with E-state index in [2.05, 4.69) is 4.74 Å². The minimum atomic E-state index is -2.98. The summed E-state index contributed by atoms with van der Waals surface area (Å²) in [4.78, 5) is 14.2. The van der Waals surface area contributed by atoms with E-state index < -0.39 is 6.61 Å². The van der Waals surface area contributed by atoms with E-state index in [1.165, 1.54) is 24.3 Å². The Bertz CT molecular complexity index is 718. The van der Waals surface area contributed by atoms with E-state index in [1.54, 1.807) is 29.2 Å². The van der Waals surface area contributed by atoms with Gasteiger partial charge < -0.3 is 9.64 Å². The molecular formula is C18H16F3NO2. The summed E-state index contributed by atoms with van der Waals surface area (Å²) in [6.45, 7) is -2.00. The minimum Gasteiger partial charge on any atom is -0.434 e. The highest BCUT2D eigenvalue weighted by Crippen LogP contribution is 2.30. The van der Waals surface area contributed by atoms with Gasteiger partial charge in [-0.3, -0.25) is 4.79 Å². The molecule has 0 aliphatic carbocycles. The number of carbonyl (C=O) groups excluding carboxylic acids is 1. The SMILES string of the molecule is O=C(c1ccccc1OC(F)F)N1CCC(c2ccc(F)cc2)C1. The summed E-state index contributed by atoms with van der Waals surface area (Å²) < 4.78 is 42.4. The number of benzene rings is 2. The van der Waals surface area contributed by atoms with Crippen LogP contribution in [-0.4, -0.2) is 30.5 Å². The Balaban J connectivity index is 1.74. The lowest BCUT2D eigenvalue weighted by molar-refractivity contribution is -0.0502. The topological polar surface area (TPSA) is 29.5 Å². The van der Waals surface area contributed by atoms with E-state index in [9.17, 15) is 18.0 Å². The van der Waals surface area contributed by atoms with Gasteiger partial charge >= 0.3 is 6.61 Å². The van der Waals surface area contributed by atoms with Gasteiger partial charge in [0.2, 0.25) is 0 Å². The maximum atomic E-state index is 13.0. The first-order valence-corrected chi connectivity index (χ1v) is 7.63. The Morgan fingerprint density at radius 2 is 1.83 bits per heavy atom. The monoisotopic (exact) mass is 335 g/mol. The molecule has 1 aliphatic heterocycles. The highest BCUT2D eigenvalue weighted by atomic mass is 19.3. The molecule has 3 rings (SSSR count). The zero-order valence-corrected chi connectivity index (χ0v) is 12.8. The predicted octanol–water partition coefficient (Wildman–Crippen LogP) is 4.06. The molecule has 3 nitrogen and oxygen atoms in total. The van der Waals surface area contributed by atoms with E-state index in [0.717, 1.165) is 12.0 Å². The number of likely N-dealkylation sites (tertiary alicyclic amines) is 1. The van der Waals surface area contributed by atoms with Crippen molar-refractivity contribution in [2.75, 3.05) is 13.1 Å². The van der Waals surface area contributed by atoms with Crippen molar-refractivity contribution in [1.29, 1.82) is 0 Å². The summed E-state index contributed by atoms with van der Waals surface area (Å²) in [6.07, 6.45) is 0.745. The van der Waals surface area contributed by atoms with Crippen LogP contribution in [0.3, 0.4) is 0 Å². The molecule has 126 valence electrons. The summed E-state index contributed by atoms with van der Waals surface area (Å²) in [5.41, 5.74) is 1.08. The van der Waals surface area contributed by atoms with Crippen LogP contribution in [0.15, 0.2) is 48.5 Å². The van der Waals surface area contributed by atoms with Crippen LogP contribution in [0.25, 0.3) is 0 Å². The maximum absolute atomic E-state index is 13.0. The summed E-state index contributed by atoms with van der Waals surface area (Å²) in [7, 11) is 0. The summed E-state index contributed by atoms with van der Waals surface area (Å²) in [6, 6.07) is 12.2. The first-order valence-electron chi connectivity index (χ1n) is 7.63. The third kappa shape index (κ3) is 3.53. The van der Waals surface area contributed by atoms with Crippen LogP contribution >= 0.6 is 0 Å². The van der Waals surface area contributed by atoms with Crippen molar-refractivity contribution in [3.05, 3.63) is 65.5 Å².